The number of benzene rings is 2. The molecule has 1 atom stereocenters. The molecule has 0 spiro atoms. The summed E-state index contributed by atoms with van der Waals surface area (Å²) >= 11 is 5.84. The summed E-state index contributed by atoms with van der Waals surface area (Å²) in [6, 6.07) is 14.5. The Bertz CT molecular complexity index is 849. The number of carbonyl (C=O) groups excluding carboxylic acids is 4. The van der Waals surface area contributed by atoms with E-state index in [1.807, 2.05) is 0 Å². The molecule has 1 aliphatic heterocycles. The van der Waals surface area contributed by atoms with E-state index in [-0.39, 0.29) is 17.8 Å². The van der Waals surface area contributed by atoms with Crippen LogP contribution in [-0.2, 0) is 9.59 Å². The highest BCUT2D eigenvalue weighted by Gasteiger charge is 2.44. The van der Waals surface area contributed by atoms with Crippen molar-refractivity contribution < 1.29 is 19.2 Å². The summed E-state index contributed by atoms with van der Waals surface area (Å²) < 4.78 is 0. The first kappa shape index (κ1) is 17.8. The zero-order valence-corrected chi connectivity index (χ0v) is 14.3. The van der Waals surface area contributed by atoms with Crippen molar-refractivity contribution in [2.75, 3.05) is 0 Å². The Morgan fingerprint density at radius 1 is 0.885 bits per heavy atom. The number of carbonyl (C=O) groups is 4. The van der Waals surface area contributed by atoms with Gasteiger partial charge in [0.05, 0.1) is 5.92 Å². The standard InChI is InChI=1S/C19H15ClN2O4/c20-13-8-6-12(7-9-13)17(24)14(16-18(25)21-22-19(16)26)10-15(23)11-4-2-1-3-5-11/h1-9,14,16H,10H2,(H,21,25)(H,22,26). The second-order valence-corrected chi connectivity index (χ2v) is 6.36. The Morgan fingerprint density at radius 3 is 2.04 bits per heavy atom. The second-order valence-electron chi connectivity index (χ2n) is 5.93. The van der Waals surface area contributed by atoms with Crippen molar-refractivity contribution in [2.24, 2.45) is 11.8 Å². The molecule has 1 saturated heterocycles. The van der Waals surface area contributed by atoms with Gasteiger partial charge in [0.25, 0.3) is 11.8 Å². The molecule has 2 aromatic carbocycles. The summed E-state index contributed by atoms with van der Waals surface area (Å²) in [5.74, 6) is -4.38. The lowest BCUT2D eigenvalue weighted by atomic mass is 9.81. The van der Waals surface area contributed by atoms with Gasteiger partial charge in [0.1, 0.15) is 5.92 Å². The Kier molecular flexibility index (Phi) is 5.14. The van der Waals surface area contributed by atoms with E-state index in [4.69, 9.17) is 11.6 Å². The monoisotopic (exact) mass is 370 g/mol. The Hall–Kier alpha value is -2.99. The highest BCUT2D eigenvalue weighted by Crippen LogP contribution is 2.26. The average molecular weight is 371 g/mol. The molecular formula is C19H15ClN2O4. The number of halogens is 1. The molecule has 2 aromatic rings. The second kappa shape index (κ2) is 7.49. The van der Waals surface area contributed by atoms with Crippen LogP contribution in [0.15, 0.2) is 54.6 Å². The molecule has 2 amide bonds. The summed E-state index contributed by atoms with van der Waals surface area (Å²) in [4.78, 5) is 49.6. The molecule has 0 bridgehead atoms. The van der Waals surface area contributed by atoms with Gasteiger partial charge in [-0.1, -0.05) is 41.9 Å². The first-order valence-corrected chi connectivity index (χ1v) is 8.33. The van der Waals surface area contributed by atoms with Gasteiger partial charge in [0.15, 0.2) is 11.6 Å². The number of nitrogens with one attached hydrogen (secondary N) is 2. The first-order valence-electron chi connectivity index (χ1n) is 7.95. The van der Waals surface area contributed by atoms with E-state index < -0.39 is 29.4 Å². The molecule has 3 rings (SSSR count). The maximum atomic E-state index is 12.9. The molecule has 1 unspecified atom stereocenters. The van der Waals surface area contributed by atoms with Crippen LogP contribution >= 0.6 is 11.6 Å². The third kappa shape index (κ3) is 3.65. The Balaban J connectivity index is 1.92. The lowest BCUT2D eigenvalue weighted by Crippen LogP contribution is -2.35. The zero-order chi connectivity index (χ0) is 18.7. The van der Waals surface area contributed by atoms with Crippen LogP contribution in [0.2, 0.25) is 5.02 Å². The van der Waals surface area contributed by atoms with Gasteiger partial charge in [-0.05, 0) is 24.3 Å². The van der Waals surface area contributed by atoms with Crippen molar-refractivity contribution in [3.63, 3.8) is 0 Å². The maximum absolute atomic E-state index is 12.9. The third-order valence-corrected chi connectivity index (χ3v) is 4.49. The molecule has 0 aromatic heterocycles. The SMILES string of the molecule is O=C(CC(C(=O)c1ccc(Cl)cc1)C1C(=O)NNC1=O)c1ccccc1. The Morgan fingerprint density at radius 2 is 1.46 bits per heavy atom. The minimum absolute atomic E-state index is 0.253. The summed E-state index contributed by atoms with van der Waals surface area (Å²) in [6.45, 7) is 0. The fourth-order valence-electron chi connectivity index (χ4n) is 2.90. The summed E-state index contributed by atoms with van der Waals surface area (Å²) in [5.41, 5.74) is 5.11. The minimum Gasteiger partial charge on any atom is -0.294 e. The molecule has 132 valence electrons. The zero-order valence-electron chi connectivity index (χ0n) is 13.6. The highest BCUT2D eigenvalue weighted by atomic mass is 35.5. The summed E-state index contributed by atoms with van der Waals surface area (Å²) in [6.07, 6.45) is -0.253. The summed E-state index contributed by atoms with van der Waals surface area (Å²) in [5, 5.41) is 0.454. The number of hydrogen-bond donors (Lipinski definition) is 2. The molecule has 1 aliphatic rings. The predicted octanol–water partition coefficient (Wildman–Crippen LogP) is 2.19. The molecule has 0 aliphatic carbocycles. The van der Waals surface area contributed by atoms with E-state index in [0.717, 1.165) is 0 Å². The number of ketones is 2. The molecule has 1 heterocycles. The highest BCUT2D eigenvalue weighted by molar-refractivity contribution is 6.30. The van der Waals surface area contributed by atoms with Crippen molar-refractivity contribution in [1.82, 2.24) is 10.9 Å². The maximum Gasteiger partial charge on any atom is 0.251 e. The van der Waals surface area contributed by atoms with Gasteiger partial charge in [0.2, 0.25) is 0 Å². The number of rotatable bonds is 6. The van der Waals surface area contributed by atoms with Crippen LogP contribution < -0.4 is 10.9 Å². The fraction of sp³-hybridized carbons (Fsp3) is 0.158. The van der Waals surface area contributed by atoms with Gasteiger partial charge < -0.3 is 0 Å². The van der Waals surface area contributed by atoms with Crippen LogP contribution in [0.3, 0.4) is 0 Å². The van der Waals surface area contributed by atoms with Crippen molar-refractivity contribution in [2.45, 2.75) is 6.42 Å². The predicted molar refractivity (Wildman–Crippen MR) is 94.4 cm³/mol. The van der Waals surface area contributed by atoms with Crippen molar-refractivity contribution in [3.8, 4) is 0 Å². The van der Waals surface area contributed by atoms with Crippen LogP contribution in [0.5, 0.6) is 0 Å². The van der Waals surface area contributed by atoms with Crippen LogP contribution in [0.1, 0.15) is 27.1 Å². The minimum atomic E-state index is -1.26. The van der Waals surface area contributed by atoms with Gasteiger partial charge in [-0.15, -0.1) is 0 Å². The smallest absolute Gasteiger partial charge is 0.251 e. The largest absolute Gasteiger partial charge is 0.294 e. The first-order chi connectivity index (χ1) is 12.5. The molecule has 2 N–H and O–H groups in total. The molecule has 7 heteroatoms. The quantitative estimate of drug-likeness (QED) is 0.602. The van der Waals surface area contributed by atoms with E-state index in [9.17, 15) is 19.2 Å². The molecule has 0 saturated carbocycles. The molecule has 1 fully saturated rings. The normalized spacial score (nSPS) is 15.3. The van der Waals surface area contributed by atoms with E-state index in [2.05, 4.69) is 10.9 Å². The van der Waals surface area contributed by atoms with Crippen LogP contribution in [0.4, 0.5) is 0 Å². The number of amides is 2. The molecule has 0 radical (unpaired) electrons. The van der Waals surface area contributed by atoms with Crippen LogP contribution in [-0.4, -0.2) is 23.4 Å². The van der Waals surface area contributed by atoms with E-state index in [1.165, 1.54) is 12.1 Å². The van der Waals surface area contributed by atoms with E-state index >= 15 is 0 Å². The lowest BCUT2D eigenvalue weighted by Gasteiger charge is -2.18. The number of hydrazine groups is 1. The van der Waals surface area contributed by atoms with Crippen molar-refractivity contribution >= 4 is 35.0 Å². The number of Topliss-reactive ketones (excluding diaryl/α,β-unsaturated/α-hetero) is 2. The van der Waals surface area contributed by atoms with Gasteiger partial charge in [-0.2, -0.15) is 0 Å². The lowest BCUT2D eigenvalue weighted by molar-refractivity contribution is -0.129. The molecule has 26 heavy (non-hydrogen) atoms. The molecule has 6 nitrogen and oxygen atoms in total. The van der Waals surface area contributed by atoms with Crippen LogP contribution in [0, 0.1) is 11.8 Å². The van der Waals surface area contributed by atoms with E-state index in [1.54, 1.807) is 42.5 Å². The third-order valence-electron chi connectivity index (χ3n) is 4.24. The Labute approximate surface area is 154 Å². The average Bonchev–Trinajstić information content (AvgIpc) is 2.99. The molecular weight excluding hydrogens is 356 g/mol. The van der Waals surface area contributed by atoms with Crippen LogP contribution in [0.25, 0.3) is 0 Å². The van der Waals surface area contributed by atoms with Crippen molar-refractivity contribution in [3.05, 3.63) is 70.7 Å². The summed E-state index contributed by atoms with van der Waals surface area (Å²) in [7, 11) is 0. The van der Waals surface area contributed by atoms with Gasteiger partial charge >= 0.3 is 0 Å². The van der Waals surface area contributed by atoms with Gasteiger partial charge in [0, 0.05) is 22.6 Å². The van der Waals surface area contributed by atoms with Gasteiger partial charge in [-0.3, -0.25) is 30.0 Å². The number of hydrogen-bond acceptors (Lipinski definition) is 4. The fourth-order valence-corrected chi connectivity index (χ4v) is 3.02. The van der Waals surface area contributed by atoms with E-state index in [0.29, 0.717) is 10.6 Å². The van der Waals surface area contributed by atoms with Crippen molar-refractivity contribution in [1.29, 1.82) is 0 Å². The van der Waals surface area contributed by atoms with Gasteiger partial charge in [-0.25, -0.2) is 0 Å². The topological polar surface area (TPSA) is 92.3 Å².